The minimum Gasteiger partial charge on any atom is -0.483 e. The first-order valence-corrected chi connectivity index (χ1v) is 5.56. The molecule has 1 heterocycles. The highest BCUT2D eigenvalue weighted by Crippen LogP contribution is 2.20. The zero-order valence-corrected chi connectivity index (χ0v) is 9.68. The molecule has 0 spiro atoms. The lowest BCUT2D eigenvalue weighted by molar-refractivity contribution is 0.260. The Labute approximate surface area is 99.9 Å². The molecule has 0 saturated carbocycles. The van der Waals surface area contributed by atoms with Gasteiger partial charge in [-0.15, -0.1) is 0 Å². The maximum absolute atomic E-state index is 7.40. The Balaban J connectivity index is 2.27. The third-order valence-electron chi connectivity index (χ3n) is 2.57. The minimum atomic E-state index is -0.365. The van der Waals surface area contributed by atoms with Gasteiger partial charge in [0, 0.05) is 17.6 Å². The number of hydrogen-bond donors (Lipinski definition) is 2. The topological polar surface area (TPSA) is 72.0 Å². The molecule has 0 bridgehead atoms. The Morgan fingerprint density at radius 1 is 1.47 bits per heavy atom. The molecule has 0 fully saturated rings. The van der Waals surface area contributed by atoms with Crippen LogP contribution < -0.4 is 10.5 Å². The fourth-order valence-electron chi connectivity index (χ4n) is 1.65. The van der Waals surface area contributed by atoms with E-state index in [1.54, 1.807) is 6.20 Å². The van der Waals surface area contributed by atoms with Crippen LogP contribution in [0.5, 0.6) is 5.75 Å². The highest BCUT2D eigenvalue weighted by molar-refractivity contribution is 5.82. The third kappa shape index (κ3) is 2.53. The van der Waals surface area contributed by atoms with E-state index in [0.717, 1.165) is 10.9 Å². The Morgan fingerprint density at radius 3 is 3.00 bits per heavy atom. The van der Waals surface area contributed by atoms with Gasteiger partial charge in [-0.05, 0) is 24.6 Å². The summed E-state index contributed by atoms with van der Waals surface area (Å²) in [5, 5.41) is 8.47. The van der Waals surface area contributed by atoms with Crippen LogP contribution in [0.15, 0.2) is 36.5 Å². The molecule has 0 amide bonds. The zero-order chi connectivity index (χ0) is 12.3. The molecule has 4 heteroatoms. The van der Waals surface area contributed by atoms with Crippen LogP contribution in [-0.2, 0) is 0 Å². The normalized spacial score (nSPS) is 12.3. The number of benzene rings is 1. The monoisotopic (exact) mass is 229 g/mol. The first-order valence-electron chi connectivity index (χ1n) is 5.56. The first kappa shape index (κ1) is 11.4. The molecule has 1 aromatic carbocycles. The molecular weight excluding hydrogens is 214 g/mol. The zero-order valence-electron chi connectivity index (χ0n) is 9.68. The molecule has 0 aliphatic heterocycles. The second-order valence-electron chi connectivity index (χ2n) is 3.83. The third-order valence-corrected chi connectivity index (χ3v) is 2.57. The van der Waals surface area contributed by atoms with E-state index in [9.17, 15) is 0 Å². The van der Waals surface area contributed by atoms with Crippen molar-refractivity contribution in [2.75, 3.05) is 0 Å². The Hall–Kier alpha value is -2.10. The maximum Gasteiger partial charge on any atom is 0.155 e. The van der Waals surface area contributed by atoms with Crippen molar-refractivity contribution in [2.45, 2.75) is 19.4 Å². The van der Waals surface area contributed by atoms with E-state index in [2.05, 4.69) is 4.98 Å². The average molecular weight is 229 g/mol. The van der Waals surface area contributed by atoms with Crippen molar-refractivity contribution in [3.05, 3.63) is 36.5 Å². The summed E-state index contributed by atoms with van der Waals surface area (Å²) in [5.74, 6) is 0.742. The van der Waals surface area contributed by atoms with Crippen LogP contribution >= 0.6 is 0 Å². The van der Waals surface area contributed by atoms with Crippen molar-refractivity contribution in [3.8, 4) is 5.75 Å². The molecule has 0 radical (unpaired) electrons. The van der Waals surface area contributed by atoms with Crippen LogP contribution in [0, 0.1) is 5.41 Å². The molecule has 2 aromatic rings. The van der Waals surface area contributed by atoms with E-state index >= 15 is 0 Å². The molecule has 4 nitrogen and oxygen atoms in total. The molecule has 2 rings (SSSR count). The van der Waals surface area contributed by atoms with Crippen molar-refractivity contribution >= 4 is 16.7 Å². The summed E-state index contributed by atoms with van der Waals surface area (Å²) >= 11 is 0. The van der Waals surface area contributed by atoms with Gasteiger partial charge in [0.15, 0.2) is 6.10 Å². The minimum absolute atomic E-state index is 0.0496. The van der Waals surface area contributed by atoms with Crippen LogP contribution in [0.25, 0.3) is 10.9 Å². The first-order chi connectivity index (χ1) is 8.20. The van der Waals surface area contributed by atoms with Crippen LogP contribution in [-0.4, -0.2) is 16.9 Å². The van der Waals surface area contributed by atoms with Gasteiger partial charge in [0.1, 0.15) is 11.6 Å². The molecule has 1 atom stereocenters. The maximum atomic E-state index is 7.40. The molecule has 3 N–H and O–H groups in total. The number of hydrogen-bond acceptors (Lipinski definition) is 3. The predicted molar refractivity (Wildman–Crippen MR) is 68.4 cm³/mol. The van der Waals surface area contributed by atoms with Gasteiger partial charge in [0.25, 0.3) is 0 Å². The van der Waals surface area contributed by atoms with E-state index < -0.39 is 0 Å². The van der Waals surface area contributed by atoms with E-state index in [-0.39, 0.29) is 11.9 Å². The number of ether oxygens (including phenoxy) is 1. The summed E-state index contributed by atoms with van der Waals surface area (Å²) in [6.45, 7) is 1.94. The molecule has 0 saturated heterocycles. The van der Waals surface area contributed by atoms with Crippen LogP contribution in [0.4, 0.5) is 0 Å². The highest BCUT2D eigenvalue weighted by Gasteiger charge is 2.11. The van der Waals surface area contributed by atoms with Gasteiger partial charge in [-0.2, -0.15) is 0 Å². The van der Waals surface area contributed by atoms with Crippen LogP contribution in [0.3, 0.4) is 0 Å². The standard InChI is InChI=1S/C13H15N3O/c1-2-12(13(14)15)17-10-6-5-9-4-3-7-16-11(9)8-10/h3-8,12H,2H2,1H3,(H3,14,15). The number of nitrogens with zero attached hydrogens (tertiary/aromatic N) is 1. The van der Waals surface area contributed by atoms with Crippen LogP contribution in [0.2, 0.25) is 0 Å². The summed E-state index contributed by atoms with van der Waals surface area (Å²) in [6.07, 6.45) is 2.06. The Kier molecular flexibility index (Phi) is 3.23. The van der Waals surface area contributed by atoms with E-state index in [1.165, 1.54) is 0 Å². The number of rotatable bonds is 4. The van der Waals surface area contributed by atoms with Crippen LogP contribution in [0.1, 0.15) is 13.3 Å². The molecule has 0 aliphatic carbocycles. The second kappa shape index (κ2) is 4.82. The lowest BCUT2D eigenvalue weighted by Crippen LogP contribution is -2.32. The van der Waals surface area contributed by atoms with Crippen molar-refractivity contribution in [1.29, 1.82) is 5.41 Å². The van der Waals surface area contributed by atoms with E-state index in [4.69, 9.17) is 15.9 Å². The average Bonchev–Trinajstić information content (AvgIpc) is 2.35. The molecular formula is C13H15N3O. The molecule has 1 unspecified atom stereocenters. The lowest BCUT2D eigenvalue weighted by Gasteiger charge is -2.16. The summed E-state index contributed by atoms with van der Waals surface area (Å²) < 4.78 is 5.64. The molecule has 0 aliphatic rings. The van der Waals surface area contributed by atoms with Crippen molar-refractivity contribution in [3.63, 3.8) is 0 Å². The van der Waals surface area contributed by atoms with Crippen molar-refractivity contribution in [2.24, 2.45) is 5.73 Å². The molecule has 17 heavy (non-hydrogen) atoms. The van der Waals surface area contributed by atoms with Crippen molar-refractivity contribution in [1.82, 2.24) is 4.98 Å². The van der Waals surface area contributed by atoms with Gasteiger partial charge in [0.2, 0.25) is 0 Å². The number of nitrogens with two attached hydrogens (primary N) is 1. The van der Waals surface area contributed by atoms with Gasteiger partial charge in [-0.3, -0.25) is 10.4 Å². The number of pyridine rings is 1. The highest BCUT2D eigenvalue weighted by atomic mass is 16.5. The number of nitrogens with one attached hydrogen (secondary N) is 1. The molecule has 88 valence electrons. The van der Waals surface area contributed by atoms with Crippen molar-refractivity contribution < 1.29 is 4.74 Å². The lowest BCUT2D eigenvalue weighted by atomic mass is 10.2. The van der Waals surface area contributed by atoms with Gasteiger partial charge in [-0.25, -0.2) is 0 Å². The SMILES string of the molecule is CCC(Oc1ccc2cccnc2c1)C(=N)N. The summed E-state index contributed by atoms with van der Waals surface area (Å²) in [6, 6.07) is 9.57. The smallest absolute Gasteiger partial charge is 0.155 e. The van der Waals surface area contributed by atoms with Gasteiger partial charge in [-0.1, -0.05) is 13.0 Å². The second-order valence-corrected chi connectivity index (χ2v) is 3.83. The summed E-state index contributed by atoms with van der Waals surface area (Å²) in [4.78, 5) is 4.25. The Bertz CT molecular complexity index is 539. The van der Waals surface area contributed by atoms with Gasteiger partial charge in [0.05, 0.1) is 5.52 Å². The fraction of sp³-hybridized carbons (Fsp3) is 0.231. The Morgan fingerprint density at radius 2 is 2.29 bits per heavy atom. The quantitative estimate of drug-likeness (QED) is 0.624. The summed E-state index contributed by atoms with van der Waals surface area (Å²) in [7, 11) is 0. The summed E-state index contributed by atoms with van der Waals surface area (Å²) in [5.41, 5.74) is 6.33. The van der Waals surface area contributed by atoms with Gasteiger partial charge >= 0.3 is 0 Å². The molecule has 1 aromatic heterocycles. The fourth-order valence-corrected chi connectivity index (χ4v) is 1.65. The predicted octanol–water partition coefficient (Wildman–Crippen LogP) is 2.33. The number of amidine groups is 1. The number of aromatic nitrogens is 1. The van der Waals surface area contributed by atoms with E-state index in [0.29, 0.717) is 12.2 Å². The largest absolute Gasteiger partial charge is 0.483 e. The number of fused-ring (bicyclic) bond motifs is 1. The van der Waals surface area contributed by atoms with Gasteiger partial charge < -0.3 is 10.5 Å². The van der Waals surface area contributed by atoms with E-state index in [1.807, 2.05) is 37.3 Å².